The summed E-state index contributed by atoms with van der Waals surface area (Å²) in [5.74, 6) is -0.554. The third kappa shape index (κ3) is 5.58. The smallest absolute Gasteiger partial charge is 0.223 e. The number of nitrogens with zero attached hydrogens (tertiary/aromatic N) is 3. The number of carbonyl (C=O) groups is 2. The SMILES string of the molecule is O=C(CCc1cnccn1)N[C@@H]1C[C@H](C(=O)NCCc2ccn[nH]2)C[C@H]1O. The maximum absolute atomic E-state index is 12.3. The molecule has 3 rings (SSSR count). The van der Waals surface area contributed by atoms with Gasteiger partial charge in [0.05, 0.1) is 17.8 Å². The fraction of sp³-hybridized carbons (Fsp3) is 0.500. The first-order chi connectivity index (χ1) is 13.1. The predicted molar refractivity (Wildman–Crippen MR) is 96.3 cm³/mol. The molecule has 9 nitrogen and oxygen atoms in total. The molecule has 0 saturated heterocycles. The van der Waals surface area contributed by atoms with E-state index in [2.05, 4.69) is 30.8 Å². The molecule has 0 unspecified atom stereocenters. The minimum Gasteiger partial charge on any atom is -0.391 e. The standard InChI is InChI=1S/C18H24N6O3/c25-16-10-12(18(27)21-5-3-13-4-6-22-24-13)9-15(16)23-17(26)2-1-14-11-19-7-8-20-14/h4,6-8,11-12,15-16,25H,1-3,5,9-10H2,(H,21,27)(H,22,24)(H,23,26)/t12-,15+,16+/m0/s1. The van der Waals surface area contributed by atoms with Gasteiger partial charge < -0.3 is 15.7 Å². The fourth-order valence-electron chi connectivity index (χ4n) is 3.25. The average molecular weight is 372 g/mol. The number of aliphatic hydroxyl groups is 1. The highest BCUT2D eigenvalue weighted by Crippen LogP contribution is 2.26. The minimum absolute atomic E-state index is 0.0927. The third-order valence-corrected chi connectivity index (χ3v) is 4.72. The molecule has 1 saturated carbocycles. The lowest BCUT2D eigenvalue weighted by atomic mass is 10.1. The zero-order valence-corrected chi connectivity index (χ0v) is 15.0. The Hall–Kier alpha value is -2.81. The molecule has 1 aliphatic rings. The summed E-state index contributed by atoms with van der Waals surface area (Å²) in [6, 6.07) is 1.46. The summed E-state index contributed by atoms with van der Waals surface area (Å²) in [4.78, 5) is 32.5. The molecule has 0 bridgehead atoms. The monoisotopic (exact) mass is 372 g/mol. The molecule has 0 spiro atoms. The van der Waals surface area contributed by atoms with Crippen LogP contribution in [0.25, 0.3) is 0 Å². The molecule has 0 aromatic carbocycles. The first kappa shape index (κ1) is 19.0. The van der Waals surface area contributed by atoms with Crippen molar-refractivity contribution in [2.75, 3.05) is 6.54 Å². The second kappa shape index (κ2) is 9.22. The lowest BCUT2D eigenvalue weighted by Gasteiger charge is -2.16. The molecule has 0 aliphatic heterocycles. The number of amides is 2. The highest BCUT2D eigenvalue weighted by atomic mass is 16.3. The fourth-order valence-corrected chi connectivity index (χ4v) is 3.25. The molecule has 2 aromatic heterocycles. The van der Waals surface area contributed by atoms with Crippen LogP contribution in [-0.4, -0.2) is 55.8 Å². The van der Waals surface area contributed by atoms with E-state index in [0.29, 0.717) is 32.2 Å². The average Bonchev–Trinajstić information content (AvgIpc) is 3.31. The Morgan fingerprint density at radius 1 is 1.22 bits per heavy atom. The van der Waals surface area contributed by atoms with Gasteiger partial charge in [-0.15, -0.1) is 0 Å². The predicted octanol–water partition coefficient (Wildman–Crippen LogP) is -0.253. The highest BCUT2D eigenvalue weighted by Gasteiger charge is 2.37. The summed E-state index contributed by atoms with van der Waals surface area (Å²) in [6.45, 7) is 0.503. The Bertz CT molecular complexity index is 737. The molecule has 9 heteroatoms. The summed E-state index contributed by atoms with van der Waals surface area (Å²) in [5, 5.41) is 22.6. The van der Waals surface area contributed by atoms with E-state index in [0.717, 1.165) is 11.4 Å². The Morgan fingerprint density at radius 3 is 2.85 bits per heavy atom. The van der Waals surface area contributed by atoms with Crippen LogP contribution in [-0.2, 0) is 22.4 Å². The van der Waals surface area contributed by atoms with Gasteiger partial charge in [-0.25, -0.2) is 0 Å². The molecule has 2 amide bonds. The first-order valence-corrected chi connectivity index (χ1v) is 9.10. The Balaban J connectivity index is 1.39. The molecule has 27 heavy (non-hydrogen) atoms. The van der Waals surface area contributed by atoms with Crippen molar-refractivity contribution in [1.82, 2.24) is 30.8 Å². The van der Waals surface area contributed by atoms with Crippen LogP contribution in [0.1, 0.15) is 30.7 Å². The van der Waals surface area contributed by atoms with Crippen molar-refractivity contribution in [2.45, 2.75) is 44.2 Å². The molecular formula is C18H24N6O3. The summed E-state index contributed by atoms with van der Waals surface area (Å²) in [6.07, 6.45) is 7.96. The number of carbonyl (C=O) groups excluding carboxylic acids is 2. The zero-order valence-electron chi connectivity index (χ0n) is 15.0. The van der Waals surface area contributed by atoms with Crippen molar-refractivity contribution in [3.05, 3.63) is 42.2 Å². The lowest BCUT2D eigenvalue weighted by molar-refractivity contribution is -0.125. The zero-order chi connectivity index (χ0) is 19.1. The van der Waals surface area contributed by atoms with Crippen molar-refractivity contribution in [2.24, 2.45) is 5.92 Å². The topological polar surface area (TPSA) is 133 Å². The van der Waals surface area contributed by atoms with E-state index in [4.69, 9.17) is 0 Å². The summed E-state index contributed by atoms with van der Waals surface area (Å²) >= 11 is 0. The number of aromatic nitrogens is 4. The Kier molecular flexibility index (Phi) is 6.48. The third-order valence-electron chi connectivity index (χ3n) is 4.72. The van der Waals surface area contributed by atoms with Gasteiger partial charge in [-0.3, -0.25) is 24.7 Å². The summed E-state index contributed by atoms with van der Waals surface area (Å²) < 4.78 is 0. The van der Waals surface area contributed by atoms with Gasteiger partial charge in [-0.2, -0.15) is 5.10 Å². The van der Waals surface area contributed by atoms with Crippen LogP contribution in [0.15, 0.2) is 30.9 Å². The largest absolute Gasteiger partial charge is 0.391 e. The van der Waals surface area contributed by atoms with Crippen LogP contribution in [0.3, 0.4) is 0 Å². The van der Waals surface area contributed by atoms with Gasteiger partial charge in [-0.05, 0) is 25.3 Å². The molecule has 2 aromatic rings. The molecular weight excluding hydrogens is 348 g/mol. The second-order valence-electron chi connectivity index (χ2n) is 6.73. The van der Waals surface area contributed by atoms with E-state index in [9.17, 15) is 14.7 Å². The molecule has 1 aliphatic carbocycles. The van der Waals surface area contributed by atoms with Crippen molar-refractivity contribution >= 4 is 11.8 Å². The van der Waals surface area contributed by atoms with Crippen molar-refractivity contribution < 1.29 is 14.7 Å². The maximum atomic E-state index is 12.3. The van der Waals surface area contributed by atoms with Gasteiger partial charge in [0.25, 0.3) is 0 Å². The number of aromatic amines is 1. The summed E-state index contributed by atoms with van der Waals surface area (Å²) in [5.41, 5.74) is 1.70. The van der Waals surface area contributed by atoms with E-state index >= 15 is 0 Å². The van der Waals surface area contributed by atoms with Crippen LogP contribution >= 0.6 is 0 Å². The number of nitrogens with one attached hydrogen (secondary N) is 3. The van der Waals surface area contributed by atoms with Crippen LogP contribution < -0.4 is 10.6 Å². The quantitative estimate of drug-likeness (QED) is 0.505. The van der Waals surface area contributed by atoms with E-state index < -0.39 is 12.1 Å². The molecule has 2 heterocycles. The molecule has 1 fully saturated rings. The molecule has 144 valence electrons. The normalized spacial score (nSPS) is 21.7. The lowest BCUT2D eigenvalue weighted by Crippen LogP contribution is -2.40. The van der Waals surface area contributed by atoms with Crippen molar-refractivity contribution in [1.29, 1.82) is 0 Å². The molecule has 4 N–H and O–H groups in total. The van der Waals surface area contributed by atoms with Gasteiger partial charge >= 0.3 is 0 Å². The minimum atomic E-state index is -0.714. The first-order valence-electron chi connectivity index (χ1n) is 9.10. The van der Waals surface area contributed by atoms with Crippen LogP contribution in [0, 0.1) is 5.92 Å². The maximum Gasteiger partial charge on any atom is 0.223 e. The van der Waals surface area contributed by atoms with Gasteiger partial charge in [0.2, 0.25) is 11.8 Å². The van der Waals surface area contributed by atoms with Crippen LogP contribution in [0.4, 0.5) is 0 Å². The van der Waals surface area contributed by atoms with E-state index in [1.165, 1.54) is 0 Å². The van der Waals surface area contributed by atoms with E-state index in [1.54, 1.807) is 24.8 Å². The van der Waals surface area contributed by atoms with Crippen molar-refractivity contribution in [3.8, 4) is 0 Å². The number of rotatable bonds is 8. The molecule has 0 radical (unpaired) electrons. The number of hydrogen-bond acceptors (Lipinski definition) is 6. The highest BCUT2D eigenvalue weighted by molar-refractivity contribution is 5.80. The van der Waals surface area contributed by atoms with Gasteiger partial charge in [-0.1, -0.05) is 0 Å². The van der Waals surface area contributed by atoms with Crippen LogP contribution in [0.2, 0.25) is 0 Å². The Morgan fingerprint density at radius 2 is 2.11 bits per heavy atom. The van der Waals surface area contributed by atoms with Gasteiger partial charge in [0.1, 0.15) is 0 Å². The molecule has 3 atom stereocenters. The van der Waals surface area contributed by atoms with E-state index in [1.807, 2.05) is 6.07 Å². The summed E-state index contributed by atoms with van der Waals surface area (Å²) in [7, 11) is 0. The van der Waals surface area contributed by atoms with Gasteiger partial charge in [0.15, 0.2) is 0 Å². The van der Waals surface area contributed by atoms with Crippen molar-refractivity contribution in [3.63, 3.8) is 0 Å². The number of hydrogen-bond donors (Lipinski definition) is 4. The van der Waals surface area contributed by atoms with E-state index in [-0.39, 0.29) is 24.2 Å². The van der Waals surface area contributed by atoms with Gasteiger partial charge in [0, 0.05) is 55.8 Å². The number of aliphatic hydroxyl groups excluding tert-OH is 1. The Labute approximate surface area is 157 Å². The number of aryl methyl sites for hydroxylation is 1. The second-order valence-corrected chi connectivity index (χ2v) is 6.73. The number of H-pyrrole nitrogens is 1. The van der Waals surface area contributed by atoms with Crippen LogP contribution in [0.5, 0.6) is 0 Å².